The summed E-state index contributed by atoms with van der Waals surface area (Å²) in [6.45, 7) is 0. The summed E-state index contributed by atoms with van der Waals surface area (Å²) in [4.78, 5) is 25.0. The van der Waals surface area contributed by atoms with Gasteiger partial charge in [-0.1, -0.05) is 42.5 Å². The fourth-order valence-corrected chi connectivity index (χ4v) is 3.96. The highest BCUT2D eigenvalue weighted by molar-refractivity contribution is 6.16. The highest BCUT2D eigenvalue weighted by atomic mass is 16.5. The Labute approximate surface area is 148 Å². The first-order chi connectivity index (χ1) is 12.7. The van der Waals surface area contributed by atoms with Crippen molar-refractivity contribution in [3.8, 4) is 11.1 Å². The van der Waals surface area contributed by atoms with Crippen LogP contribution in [0.4, 0.5) is 0 Å². The van der Waals surface area contributed by atoms with Crippen LogP contribution in [0.3, 0.4) is 0 Å². The summed E-state index contributed by atoms with van der Waals surface area (Å²) in [7, 11) is 1.35. The summed E-state index contributed by atoms with van der Waals surface area (Å²) in [6, 6.07) is 17.1. The maximum atomic E-state index is 12.6. The van der Waals surface area contributed by atoms with E-state index >= 15 is 0 Å². The Morgan fingerprint density at radius 3 is 2.65 bits per heavy atom. The molecule has 4 nitrogen and oxygen atoms in total. The Kier molecular flexibility index (Phi) is 3.04. The average Bonchev–Trinajstić information content (AvgIpc) is 3.06. The fourth-order valence-electron chi connectivity index (χ4n) is 3.96. The fraction of sp³-hybridized carbons (Fsp3) is 0.0909. The van der Waals surface area contributed by atoms with Crippen LogP contribution in [-0.2, 0) is 11.2 Å². The molecule has 0 N–H and O–H groups in total. The van der Waals surface area contributed by atoms with Gasteiger partial charge in [-0.05, 0) is 40.8 Å². The van der Waals surface area contributed by atoms with E-state index < -0.39 is 11.6 Å². The van der Waals surface area contributed by atoms with Gasteiger partial charge in [0.05, 0.1) is 18.1 Å². The largest absolute Gasteiger partial charge is 0.465 e. The van der Waals surface area contributed by atoms with Crippen molar-refractivity contribution in [2.45, 2.75) is 6.42 Å². The molecule has 0 fully saturated rings. The lowest BCUT2D eigenvalue weighted by Gasteiger charge is -2.12. The number of methoxy groups -OCH3 is 1. The molecule has 0 aliphatic heterocycles. The van der Waals surface area contributed by atoms with Crippen molar-refractivity contribution in [1.82, 2.24) is 0 Å². The maximum absolute atomic E-state index is 12.6. The number of hydrogen-bond donors (Lipinski definition) is 0. The number of esters is 1. The first-order valence-corrected chi connectivity index (χ1v) is 8.37. The van der Waals surface area contributed by atoms with E-state index in [9.17, 15) is 9.59 Å². The Balaban J connectivity index is 2.06. The van der Waals surface area contributed by atoms with E-state index in [4.69, 9.17) is 9.15 Å². The van der Waals surface area contributed by atoms with Crippen LogP contribution in [-0.4, -0.2) is 13.1 Å². The van der Waals surface area contributed by atoms with E-state index in [1.165, 1.54) is 7.11 Å². The van der Waals surface area contributed by atoms with Crippen molar-refractivity contribution in [3.05, 3.63) is 81.7 Å². The number of hydrogen-bond acceptors (Lipinski definition) is 4. The molecule has 0 spiro atoms. The van der Waals surface area contributed by atoms with Crippen molar-refractivity contribution in [2.75, 3.05) is 7.11 Å². The van der Waals surface area contributed by atoms with Crippen molar-refractivity contribution in [3.63, 3.8) is 0 Å². The Bertz CT molecular complexity index is 1280. The second kappa shape index (κ2) is 5.30. The van der Waals surface area contributed by atoms with Gasteiger partial charge in [0, 0.05) is 10.8 Å². The minimum Gasteiger partial charge on any atom is -0.465 e. The molecule has 1 heterocycles. The van der Waals surface area contributed by atoms with E-state index in [1.807, 2.05) is 36.4 Å². The molecular weight excluding hydrogens is 328 g/mol. The van der Waals surface area contributed by atoms with Gasteiger partial charge in [-0.3, -0.25) is 0 Å². The zero-order valence-corrected chi connectivity index (χ0v) is 14.0. The second-order valence-electron chi connectivity index (χ2n) is 6.41. The van der Waals surface area contributed by atoms with Gasteiger partial charge in [-0.25, -0.2) is 9.59 Å². The second-order valence-corrected chi connectivity index (χ2v) is 6.41. The molecule has 0 amide bonds. The third kappa shape index (κ3) is 1.90. The monoisotopic (exact) mass is 342 g/mol. The molecule has 26 heavy (non-hydrogen) atoms. The summed E-state index contributed by atoms with van der Waals surface area (Å²) in [6.07, 6.45) is 0.639. The summed E-state index contributed by atoms with van der Waals surface area (Å²) in [5, 5.41) is 2.11. The van der Waals surface area contributed by atoms with Gasteiger partial charge in [0.2, 0.25) is 0 Å². The molecule has 0 bridgehead atoms. The van der Waals surface area contributed by atoms with Crippen LogP contribution in [0.5, 0.6) is 0 Å². The van der Waals surface area contributed by atoms with Gasteiger partial charge in [-0.2, -0.15) is 0 Å². The standard InChI is InChI=1S/C22H14O4/c1-25-21(23)16-11-17-20(14-8-4-5-9-18(14)26-22(17)24)19-13-7-3-2-6-12(13)10-15(16)19/h2-9,11H,10H2,1H3. The Hall–Kier alpha value is -3.40. The molecule has 126 valence electrons. The number of benzene rings is 3. The van der Waals surface area contributed by atoms with Gasteiger partial charge in [-0.15, -0.1) is 0 Å². The first-order valence-electron chi connectivity index (χ1n) is 8.37. The van der Waals surface area contributed by atoms with Crippen LogP contribution in [0.25, 0.3) is 32.9 Å². The summed E-state index contributed by atoms with van der Waals surface area (Å²) < 4.78 is 10.4. The minimum atomic E-state index is -0.448. The molecule has 0 atom stereocenters. The molecule has 0 saturated heterocycles. The van der Waals surface area contributed by atoms with E-state index in [0.29, 0.717) is 23.0 Å². The highest BCUT2D eigenvalue weighted by Gasteiger charge is 2.28. The SMILES string of the molecule is COC(=O)c1cc2c(=O)oc3ccccc3c2c2c1Cc1ccccc1-2. The zero-order chi connectivity index (χ0) is 17.8. The molecule has 4 aromatic rings. The number of rotatable bonds is 1. The van der Waals surface area contributed by atoms with Crippen LogP contribution in [0, 0.1) is 0 Å². The number of ether oxygens (including phenoxy) is 1. The van der Waals surface area contributed by atoms with Crippen molar-refractivity contribution in [2.24, 2.45) is 0 Å². The number of para-hydroxylation sites is 1. The quantitative estimate of drug-likeness (QED) is 0.259. The molecule has 4 heteroatoms. The van der Waals surface area contributed by atoms with E-state index in [0.717, 1.165) is 33.0 Å². The van der Waals surface area contributed by atoms with E-state index in [2.05, 4.69) is 6.07 Å². The molecule has 0 unspecified atom stereocenters. The summed E-state index contributed by atoms with van der Waals surface area (Å²) in [5.74, 6) is -0.441. The molecule has 3 aromatic carbocycles. The molecule has 1 aromatic heterocycles. The summed E-state index contributed by atoms with van der Waals surface area (Å²) >= 11 is 0. The molecule has 0 saturated carbocycles. The first kappa shape index (κ1) is 14.9. The lowest BCUT2D eigenvalue weighted by atomic mass is 9.92. The Morgan fingerprint density at radius 2 is 1.81 bits per heavy atom. The van der Waals surface area contributed by atoms with Gasteiger partial charge >= 0.3 is 11.6 Å². The van der Waals surface area contributed by atoms with Crippen molar-refractivity contribution in [1.29, 1.82) is 0 Å². The number of carbonyl (C=O) groups excluding carboxylic acids is 1. The maximum Gasteiger partial charge on any atom is 0.344 e. The highest BCUT2D eigenvalue weighted by Crippen LogP contribution is 2.44. The van der Waals surface area contributed by atoms with Gasteiger partial charge in [0.15, 0.2) is 0 Å². The average molecular weight is 342 g/mol. The van der Waals surface area contributed by atoms with Crippen LogP contribution >= 0.6 is 0 Å². The molecule has 1 aliphatic rings. The Morgan fingerprint density at radius 1 is 1.04 bits per heavy atom. The van der Waals surface area contributed by atoms with Crippen molar-refractivity contribution >= 4 is 27.7 Å². The third-order valence-electron chi connectivity index (χ3n) is 5.07. The van der Waals surface area contributed by atoms with Crippen LogP contribution in [0.1, 0.15) is 21.5 Å². The van der Waals surface area contributed by atoms with Crippen LogP contribution in [0.15, 0.2) is 63.8 Å². The molecule has 0 radical (unpaired) electrons. The third-order valence-corrected chi connectivity index (χ3v) is 5.07. The summed E-state index contributed by atoms with van der Waals surface area (Å²) in [5.41, 5.74) is 4.54. The zero-order valence-electron chi connectivity index (χ0n) is 14.0. The normalized spacial score (nSPS) is 12.2. The topological polar surface area (TPSA) is 56.5 Å². The minimum absolute atomic E-state index is 0.402. The van der Waals surface area contributed by atoms with Gasteiger partial charge < -0.3 is 9.15 Å². The molecule has 1 aliphatic carbocycles. The van der Waals surface area contributed by atoms with Gasteiger partial charge in [0.25, 0.3) is 0 Å². The number of carbonyl (C=O) groups is 1. The predicted octanol–water partition coefficient (Wildman–Crippen LogP) is 4.30. The van der Waals surface area contributed by atoms with Crippen LogP contribution < -0.4 is 5.63 Å². The number of fused-ring (bicyclic) bond motifs is 7. The lowest BCUT2D eigenvalue weighted by molar-refractivity contribution is 0.0600. The molecular formula is C22H14O4. The van der Waals surface area contributed by atoms with Crippen molar-refractivity contribution < 1.29 is 13.9 Å². The van der Waals surface area contributed by atoms with Crippen LogP contribution in [0.2, 0.25) is 0 Å². The predicted molar refractivity (Wildman–Crippen MR) is 99.6 cm³/mol. The van der Waals surface area contributed by atoms with E-state index in [-0.39, 0.29) is 0 Å². The van der Waals surface area contributed by atoms with Gasteiger partial charge in [0.1, 0.15) is 5.58 Å². The smallest absolute Gasteiger partial charge is 0.344 e. The molecule has 5 rings (SSSR count). The lowest BCUT2D eigenvalue weighted by Crippen LogP contribution is -2.09. The van der Waals surface area contributed by atoms with E-state index in [1.54, 1.807) is 12.1 Å².